The highest BCUT2D eigenvalue weighted by atomic mass is 32.2. The molecule has 2 aliphatic heterocycles. The van der Waals surface area contributed by atoms with Crippen molar-refractivity contribution >= 4 is 15.7 Å². The van der Waals surface area contributed by atoms with E-state index >= 15 is 0 Å². The number of hydrogen-bond donors (Lipinski definition) is 0. The summed E-state index contributed by atoms with van der Waals surface area (Å²) in [6, 6.07) is 5.60. The average Bonchev–Trinajstić information content (AvgIpc) is 2.83. The molecular formula is C17H24N2O5S. The molecule has 0 aromatic carbocycles. The Morgan fingerprint density at radius 2 is 2.16 bits per heavy atom. The molecule has 0 aliphatic carbocycles. The van der Waals surface area contributed by atoms with Crippen LogP contribution in [-0.4, -0.2) is 67.6 Å². The lowest BCUT2D eigenvalue weighted by molar-refractivity contribution is -0.142. The van der Waals surface area contributed by atoms with E-state index in [1.165, 1.54) is 0 Å². The number of rotatable bonds is 7. The Kier molecular flexibility index (Phi) is 5.41. The first-order chi connectivity index (χ1) is 12.0. The van der Waals surface area contributed by atoms with E-state index in [0.29, 0.717) is 26.2 Å². The van der Waals surface area contributed by atoms with Gasteiger partial charge in [0.1, 0.15) is 11.4 Å². The van der Waals surface area contributed by atoms with E-state index in [1.54, 1.807) is 11.1 Å². The minimum absolute atomic E-state index is 0.00741. The predicted octanol–water partition coefficient (Wildman–Crippen LogP) is 0.650. The maximum Gasteiger partial charge on any atom is 0.248 e. The maximum atomic E-state index is 12.6. The summed E-state index contributed by atoms with van der Waals surface area (Å²) in [5, 5.41) is 0. The summed E-state index contributed by atoms with van der Waals surface area (Å²) in [5.74, 6) is -0.0712. The number of aromatic nitrogens is 1. The minimum Gasteiger partial charge on any atom is -0.375 e. The number of ether oxygens (including phenoxy) is 2. The molecular weight excluding hydrogens is 344 g/mol. The third-order valence-corrected chi connectivity index (χ3v) is 7.70. The molecule has 1 spiro atoms. The zero-order chi connectivity index (χ0) is 17.9. The second-order valence-corrected chi connectivity index (χ2v) is 9.04. The van der Waals surface area contributed by atoms with Gasteiger partial charge in [-0.2, -0.15) is 0 Å². The van der Waals surface area contributed by atoms with E-state index in [2.05, 4.69) is 4.98 Å². The summed E-state index contributed by atoms with van der Waals surface area (Å²) >= 11 is 0. The molecule has 7 nitrogen and oxygen atoms in total. The van der Waals surface area contributed by atoms with Gasteiger partial charge in [-0.3, -0.25) is 9.78 Å². The van der Waals surface area contributed by atoms with Crippen LogP contribution in [0.2, 0.25) is 0 Å². The number of likely N-dealkylation sites (tertiary alicyclic amines) is 1. The summed E-state index contributed by atoms with van der Waals surface area (Å²) in [5.41, 5.74) is 0.819. The molecule has 2 aliphatic rings. The molecule has 25 heavy (non-hydrogen) atoms. The lowest BCUT2D eigenvalue weighted by Crippen LogP contribution is -2.69. The molecule has 0 saturated carbocycles. The number of hydrogen-bond acceptors (Lipinski definition) is 6. The average molecular weight is 368 g/mol. The Hall–Kier alpha value is -1.51. The van der Waals surface area contributed by atoms with E-state index in [1.807, 2.05) is 25.1 Å². The number of pyridine rings is 1. The van der Waals surface area contributed by atoms with Crippen molar-refractivity contribution in [1.82, 2.24) is 9.88 Å². The van der Waals surface area contributed by atoms with Gasteiger partial charge < -0.3 is 14.4 Å². The zero-order valence-electron chi connectivity index (χ0n) is 14.4. The molecule has 1 atom stereocenters. The third kappa shape index (κ3) is 3.56. The highest BCUT2D eigenvalue weighted by Crippen LogP contribution is 2.44. The van der Waals surface area contributed by atoms with Crippen molar-refractivity contribution in [2.45, 2.75) is 24.7 Å². The van der Waals surface area contributed by atoms with Crippen molar-refractivity contribution in [1.29, 1.82) is 0 Å². The van der Waals surface area contributed by atoms with Gasteiger partial charge in [0.05, 0.1) is 24.7 Å². The van der Waals surface area contributed by atoms with Crippen molar-refractivity contribution in [3.05, 3.63) is 30.1 Å². The molecule has 8 heteroatoms. The maximum absolute atomic E-state index is 12.6. The molecule has 0 unspecified atom stereocenters. The smallest absolute Gasteiger partial charge is 0.248 e. The van der Waals surface area contributed by atoms with Crippen LogP contribution >= 0.6 is 0 Å². The second kappa shape index (κ2) is 7.39. The van der Waals surface area contributed by atoms with Gasteiger partial charge in [0.25, 0.3) is 0 Å². The molecule has 2 fully saturated rings. The van der Waals surface area contributed by atoms with E-state index in [0.717, 1.165) is 5.69 Å². The van der Waals surface area contributed by atoms with Crippen LogP contribution in [0.5, 0.6) is 0 Å². The Bertz CT molecular complexity index is 701. The van der Waals surface area contributed by atoms with Crippen LogP contribution in [0.1, 0.15) is 19.0 Å². The first-order valence-electron chi connectivity index (χ1n) is 8.54. The largest absolute Gasteiger partial charge is 0.375 e. The van der Waals surface area contributed by atoms with Gasteiger partial charge in [-0.1, -0.05) is 6.07 Å². The summed E-state index contributed by atoms with van der Waals surface area (Å²) in [6.07, 6.45) is 2.28. The monoisotopic (exact) mass is 368 g/mol. The summed E-state index contributed by atoms with van der Waals surface area (Å²) in [6.45, 7) is 3.52. The van der Waals surface area contributed by atoms with E-state index < -0.39 is 14.6 Å². The Morgan fingerprint density at radius 3 is 2.84 bits per heavy atom. The molecule has 0 N–H and O–H groups in total. The van der Waals surface area contributed by atoms with Gasteiger partial charge in [-0.15, -0.1) is 0 Å². The predicted molar refractivity (Wildman–Crippen MR) is 91.6 cm³/mol. The van der Waals surface area contributed by atoms with Crippen LogP contribution in [0.4, 0.5) is 0 Å². The van der Waals surface area contributed by atoms with Gasteiger partial charge >= 0.3 is 0 Å². The first kappa shape index (κ1) is 18.3. The Balaban J connectivity index is 1.58. The fourth-order valence-corrected chi connectivity index (χ4v) is 5.95. The van der Waals surface area contributed by atoms with E-state index in [-0.39, 0.29) is 37.3 Å². The van der Waals surface area contributed by atoms with E-state index in [9.17, 15) is 13.2 Å². The van der Waals surface area contributed by atoms with Crippen LogP contribution in [0.25, 0.3) is 0 Å². The standard InChI is InChI=1S/C17H24N2O5S/c1-2-23-11-16(20)19-12-17(13-19)14(6-8-25(17,21)22)9-24-10-15-5-3-4-7-18-15/h3-5,7,14H,2,6,8-13H2,1H3/t14-/m1/s1. The van der Waals surface area contributed by atoms with Crippen molar-refractivity contribution < 1.29 is 22.7 Å². The van der Waals surface area contributed by atoms with Crippen LogP contribution in [0.15, 0.2) is 24.4 Å². The SMILES string of the molecule is CCOCC(=O)N1CC2(C1)[C@@H](COCc1ccccn1)CCS2(=O)=O. The van der Waals surface area contributed by atoms with Crippen LogP contribution in [0.3, 0.4) is 0 Å². The lowest BCUT2D eigenvalue weighted by atomic mass is 9.83. The number of amides is 1. The number of sulfone groups is 1. The fourth-order valence-electron chi connectivity index (χ4n) is 3.55. The van der Waals surface area contributed by atoms with Gasteiger partial charge in [0.2, 0.25) is 5.91 Å². The molecule has 0 radical (unpaired) electrons. The topological polar surface area (TPSA) is 85.8 Å². The molecule has 138 valence electrons. The molecule has 1 amide bonds. The summed E-state index contributed by atoms with van der Waals surface area (Å²) in [4.78, 5) is 17.8. The van der Waals surface area contributed by atoms with Gasteiger partial charge in [0.15, 0.2) is 9.84 Å². The molecule has 3 heterocycles. The molecule has 0 bridgehead atoms. The van der Waals surface area contributed by atoms with Crippen molar-refractivity contribution in [2.75, 3.05) is 38.7 Å². The Morgan fingerprint density at radius 1 is 1.36 bits per heavy atom. The van der Waals surface area contributed by atoms with Crippen LogP contribution in [-0.2, 0) is 30.7 Å². The second-order valence-electron chi connectivity index (χ2n) is 6.59. The van der Waals surface area contributed by atoms with Crippen molar-refractivity contribution in [2.24, 2.45) is 5.92 Å². The van der Waals surface area contributed by atoms with Crippen LogP contribution in [0, 0.1) is 5.92 Å². The van der Waals surface area contributed by atoms with Gasteiger partial charge in [0, 0.05) is 31.8 Å². The molecule has 1 aromatic heterocycles. The quantitative estimate of drug-likeness (QED) is 0.702. The van der Waals surface area contributed by atoms with Gasteiger partial charge in [-0.05, 0) is 25.5 Å². The van der Waals surface area contributed by atoms with Crippen molar-refractivity contribution in [3.8, 4) is 0 Å². The summed E-state index contributed by atoms with van der Waals surface area (Å²) < 4.78 is 35.1. The van der Waals surface area contributed by atoms with Crippen LogP contribution < -0.4 is 0 Å². The number of carbonyl (C=O) groups excluding carboxylic acids is 1. The highest BCUT2D eigenvalue weighted by molar-refractivity contribution is 7.93. The lowest BCUT2D eigenvalue weighted by Gasteiger charge is -2.49. The van der Waals surface area contributed by atoms with E-state index in [4.69, 9.17) is 9.47 Å². The van der Waals surface area contributed by atoms with Gasteiger partial charge in [-0.25, -0.2) is 8.42 Å². The molecule has 2 saturated heterocycles. The summed E-state index contributed by atoms with van der Waals surface area (Å²) in [7, 11) is -3.21. The fraction of sp³-hybridized carbons (Fsp3) is 0.647. The Labute approximate surface area is 148 Å². The normalized spacial score (nSPS) is 23.6. The first-order valence-corrected chi connectivity index (χ1v) is 10.2. The number of nitrogens with zero attached hydrogens (tertiary/aromatic N) is 2. The van der Waals surface area contributed by atoms with Crippen molar-refractivity contribution in [3.63, 3.8) is 0 Å². The third-order valence-electron chi connectivity index (χ3n) is 5.09. The minimum atomic E-state index is -3.21. The zero-order valence-corrected chi connectivity index (χ0v) is 15.2. The molecule has 1 aromatic rings. The molecule has 3 rings (SSSR count). The number of carbonyl (C=O) groups is 1. The highest BCUT2D eigenvalue weighted by Gasteiger charge is 2.62.